The molecule has 4 heteroatoms. The maximum absolute atomic E-state index is 13.7. The van der Waals surface area contributed by atoms with E-state index in [1.54, 1.807) is 19.1 Å². The fourth-order valence-electron chi connectivity index (χ4n) is 1.66. The highest BCUT2D eigenvalue weighted by Gasteiger charge is 2.14. The van der Waals surface area contributed by atoms with Gasteiger partial charge in [-0.3, -0.25) is 0 Å². The summed E-state index contributed by atoms with van der Waals surface area (Å²) in [5.74, 6) is -1.18. The first-order valence-corrected chi connectivity index (χ1v) is 6.54. The van der Waals surface area contributed by atoms with Crippen LogP contribution in [0.4, 0.5) is 4.39 Å². The van der Waals surface area contributed by atoms with Gasteiger partial charge >= 0.3 is 5.97 Å². The Morgan fingerprint density at radius 2 is 2.00 bits per heavy atom. The van der Waals surface area contributed by atoms with Crippen LogP contribution in [-0.2, 0) is 11.3 Å². The van der Waals surface area contributed by atoms with Gasteiger partial charge in [-0.15, -0.1) is 0 Å². The number of ether oxygens (including phenoxy) is 1. The predicted molar refractivity (Wildman–Crippen MR) is 74.4 cm³/mol. The number of hydrogen-bond acceptors (Lipinski definition) is 2. The van der Waals surface area contributed by atoms with Gasteiger partial charge in [0.05, 0.1) is 5.56 Å². The quantitative estimate of drug-likeness (QED) is 0.789. The van der Waals surface area contributed by atoms with Crippen molar-refractivity contribution in [1.29, 1.82) is 0 Å². The molecule has 0 unspecified atom stereocenters. The van der Waals surface area contributed by atoms with Gasteiger partial charge in [-0.25, -0.2) is 9.18 Å². The van der Waals surface area contributed by atoms with E-state index in [9.17, 15) is 9.18 Å². The number of carbonyl (C=O) groups is 1. The lowest BCUT2D eigenvalue weighted by Gasteiger charge is -2.07. The fourth-order valence-corrected chi connectivity index (χ4v) is 2.11. The molecule has 0 radical (unpaired) electrons. The zero-order valence-electron chi connectivity index (χ0n) is 10.3. The molecular weight excluding hydrogens is 311 g/mol. The summed E-state index contributed by atoms with van der Waals surface area (Å²) in [6, 6.07) is 12.1. The van der Waals surface area contributed by atoms with E-state index in [2.05, 4.69) is 15.9 Å². The van der Waals surface area contributed by atoms with Crippen molar-refractivity contribution in [1.82, 2.24) is 0 Å². The minimum Gasteiger partial charge on any atom is -0.457 e. The molecule has 2 aromatic carbocycles. The van der Waals surface area contributed by atoms with E-state index >= 15 is 0 Å². The van der Waals surface area contributed by atoms with E-state index in [4.69, 9.17) is 4.74 Å². The second kappa shape index (κ2) is 5.97. The molecule has 0 spiro atoms. The van der Waals surface area contributed by atoms with Crippen molar-refractivity contribution in [2.45, 2.75) is 13.5 Å². The van der Waals surface area contributed by atoms with Crippen molar-refractivity contribution >= 4 is 21.9 Å². The Hall–Kier alpha value is -1.68. The molecule has 98 valence electrons. The molecule has 0 aliphatic heterocycles. The minimum atomic E-state index is -0.652. The van der Waals surface area contributed by atoms with Crippen LogP contribution in [0.5, 0.6) is 0 Å². The van der Waals surface area contributed by atoms with Crippen molar-refractivity contribution < 1.29 is 13.9 Å². The topological polar surface area (TPSA) is 26.3 Å². The van der Waals surface area contributed by atoms with Crippen LogP contribution in [0.25, 0.3) is 0 Å². The monoisotopic (exact) mass is 322 g/mol. The molecule has 2 rings (SSSR count). The number of halogens is 2. The van der Waals surface area contributed by atoms with Crippen LogP contribution in [-0.4, -0.2) is 5.97 Å². The maximum Gasteiger partial charge on any atom is 0.341 e. The molecule has 0 N–H and O–H groups in total. The van der Waals surface area contributed by atoms with Crippen molar-refractivity contribution in [2.75, 3.05) is 0 Å². The molecule has 0 bridgehead atoms. The van der Waals surface area contributed by atoms with Gasteiger partial charge in [0.25, 0.3) is 0 Å². The van der Waals surface area contributed by atoms with E-state index in [0.717, 1.165) is 10.0 Å². The second-order valence-electron chi connectivity index (χ2n) is 4.14. The van der Waals surface area contributed by atoms with Crippen LogP contribution in [0.3, 0.4) is 0 Å². The summed E-state index contributed by atoms with van der Waals surface area (Å²) in [6.45, 7) is 1.73. The molecule has 2 aromatic rings. The van der Waals surface area contributed by atoms with Crippen LogP contribution >= 0.6 is 15.9 Å². The summed E-state index contributed by atoms with van der Waals surface area (Å²) in [7, 11) is 0. The van der Waals surface area contributed by atoms with E-state index < -0.39 is 11.8 Å². The molecule has 0 heterocycles. The summed E-state index contributed by atoms with van der Waals surface area (Å²) < 4.78 is 19.7. The lowest BCUT2D eigenvalue weighted by Crippen LogP contribution is -2.08. The first-order valence-electron chi connectivity index (χ1n) is 5.74. The Labute approximate surface area is 119 Å². The molecule has 0 aliphatic rings. The summed E-state index contributed by atoms with van der Waals surface area (Å²) in [6.07, 6.45) is 0. The molecular formula is C15H12BrFO2. The standard InChI is InChI=1S/C15H12BrFO2/c1-10-4-2-7-13(14(10)17)15(18)19-9-11-5-3-6-12(16)8-11/h2-8H,9H2,1H3. The van der Waals surface area contributed by atoms with E-state index in [1.807, 2.05) is 24.3 Å². The van der Waals surface area contributed by atoms with Gasteiger partial charge in [0, 0.05) is 4.47 Å². The molecule has 0 saturated heterocycles. The molecule has 0 fully saturated rings. The summed E-state index contributed by atoms with van der Waals surface area (Å²) in [4.78, 5) is 11.8. The van der Waals surface area contributed by atoms with Crippen molar-refractivity contribution in [3.05, 3.63) is 69.4 Å². The molecule has 0 saturated carbocycles. The van der Waals surface area contributed by atoms with Gasteiger partial charge in [0.15, 0.2) is 0 Å². The predicted octanol–water partition coefficient (Wildman–Crippen LogP) is 4.25. The number of rotatable bonds is 3. The maximum atomic E-state index is 13.7. The van der Waals surface area contributed by atoms with Crippen molar-refractivity contribution in [2.24, 2.45) is 0 Å². The summed E-state index contributed by atoms with van der Waals surface area (Å²) in [5.41, 5.74) is 1.24. The zero-order chi connectivity index (χ0) is 13.8. The van der Waals surface area contributed by atoms with Crippen molar-refractivity contribution in [3.8, 4) is 0 Å². The Morgan fingerprint density at radius 3 is 2.74 bits per heavy atom. The first kappa shape index (κ1) is 13.7. The van der Waals surface area contributed by atoms with Crippen LogP contribution < -0.4 is 0 Å². The van der Waals surface area contributed by atoms with Gasteiger partial charge in [0.1, 0.15) is 12.4 Å². The average molecular weight is 323 g/mol. The van der Waals surface area contributed by atoms with Gasteiger partial charge in [-0.05, 0) is 36.2 Å². The van der Waals surface area contributed by atoms with Gasteiger partial charge in [-0.2, -0.15) is 0 Å². The number of hydrogen-bond donors (Lipinski definition) is 0. The largest absolute Gasteiger partial charge is 0.457 e. The molecule has 19 heavy (non-hydrogen) atoms. The van der Waals surface area contributed by atoms with Crippen LogP contribution in [0.2, 0.25) is 0 Å². The van der Waals surface area contributed by atoms with Gasteiger partial charge in [-0.1, -0.05) is 40.2 Å². The highest BCUT2D eigenvalue weighted by molar-refractivity contribution is 9.10. The number of benzene rings is 2. The van der Waals surface area contributed by atoms with Gasteiger partial charge < -0.3 is 4.74 Å². The molecule has 2 nitrogen and oxygen atoms in total. The smallest absolute Gasteiger partial charge is 0.341 e. The van der Waals surface area contributed by atoms with Crippen molar-refractivity contribution in [3.63, 3.8) is 0 Å². The lowest BCUT2D eigenvalue weighted by molar-refractivity contribution is 0.0467. The Balaban J connectivity index is 2.08. The number of carbonyl (C=O) groups excluding carboxylic acids is 1. The van der Waals surface area contributed by atoms with Gasteiger partial charge in [0.2, 0.25) is 0 Å². The number of aryl methyl sites for hydroxylation is 1. The average Bonchev–Trinajstić information content (AvgIpc) is 2.39. The van der Waals surface area contributed by atoms with E-state index in [1.165, 1.54) is 6.07 Å². The molecule has 0 aliphatic carbocycles. The highest BCUT2D eigenvalue weighted by atomic mass is 79.9. The molecule has 0 atom stereocenters. The Kier molecular flexibility index (Phi) is 4.32. The van der Waals surface area contributed by atoms with E-state index in [-0.39, 0.29) is 12.2 Å². The van der Waals surface area contributed by atoms with Crippen LogP contribution in [0.1, 0.15) is 21.5 Å². The lowest BCUT2D eigenvalue weighted by atomic mass is 10.1. The summed E-state index contributed by atoms with van der Waals surface area (Å²) >= 11 is 3.33. The third-order valence-electron chi connectivity index (χ3n) is 2.67. The second-order valence-corrected chi connectivity index (χ2v) is 5.06. The normalized spacial score (nSPS) is 10.3. The molecule has 0 amide bonds. The third-order valence-corrected chi connectivity index (χ3v) is 3.16. The number of esters is 1. The minimum absolute atomic E-state index is 0.0324. The first-order chi connectivity index (χ1) is 9.08. The van der Waals surface area contributed by atoms with Crippen LogP contribution in [0, 0.1) is 12.7 Å². The van der Waals surface area contributed by atoms with Crippen LogP contribution in [0.15, 0.2) is 46.9 Å². The van der Waals surface area contributed by atoms with E-state index in [0.29, 0.717) is 5.56 Å². The Morgan fingerprint density at radius 1 is 1.26 bits per heavy atom. The fraction of sp³-hybridized carbons (Fsp3) is 0.133. The third kappa shape index (κ3) is 3.41. The highest BCUT2D eigenvalue weighted by Crippen LogP contribution is 2.15. The zero-order valence-corrected chi connectivity index (χ0v) is 11.9. The Bertz CT molecular complexity index is 611. The summed E-state index contributed by atoms with van der Waals surface area (Å²) in [5, 5.41) is 0. The molecule has 0 aromatic heterocycles. The SMILES string of the molecule is Cc1cccc(C(=O)OCc2cccc(Br)c2)c1F.